The molecule has 3 aliphatic rings. The van der Waals surface area contributed by atoms with Gasteiger partial charge in [0, 0.05) is 10.8 Å². The average Bonchev–Trinajstić information content (AvgIpc) is 3.40. The lowest BCUT2D eigenvalue weighted by Gasteiger charge is -2.34. The van der Waals surface area contributed by atoms with Crippen molar-refractivity contribution in [2.45, 2.75) is 62.9 Å². The van der Waals surface area contributed by atoms with Crippen molar-refractivity contribution >= 4 is 29.2 Å². The molecule has 1 aromatic heterocycles. The van der Waals surface area contributed by atoms with Gasteiger partial charge in [0.2, 0.25) is 5.91 Å². The van der Waals surface area contributed by atoms with Crippen LogP contribution in [0.25, 0.3) is 0 Å². The maximum absolute atomic E-state index is 13.2. The summed E-state index contributed by atoms with van der Waals surface area (Å²) in [6.07, 6.45) is 6.87. The van der Waals surface area contributed by atoms with Crippen LogP contribution in [0.5, 0.6) is 0 Å². The third-order valence-corrected chi connectivity index (χ3v) is 7.98. The Morgan fingerprint density at radius 2 is 1.87 bits per heavy atom. The molecule has 2 fully saturated rings. The number of carbonyl (C=O) groups is 3. The van der Waals surface area contributed by atoms with E-state index in [9.17, 15) is 14.4 Å². The van der Waals surface area contributed by atoms with Crippen LogP contribution < -0.4 is 16.0 Å². The van der Waals surface area contributed by atoms with Crippen molar-refractivity contribution in [2.24, 2.45) is 5.92 Å². The van der Waals surface area contributed by atoms with Gasteiger partial charge in [-0.1, -0.05) is 24.3 Å². The third kappa shape index (κ3) is 3.87. The second-order valence-corrected chi connectivity index (χ2v) is 9.94. The molecule has 3 N–H and O–H groups in total. The van der Waals surface area contributed by atoms with Crippen molar-refractivity contribution in [3.63, 3.8) is 0 Å². The summed E-state index contributed by atoms with van der Waals surface area (Å²) in [5, 5.41) is 10.4. The van der Waals surface area contributed by atoms with Gasteiger partial charge >= 0.3 is 6.03 Å². The van der Waals surface area contributed by atoms with E-state index >= 15 is 0 Å². The summed E-state index contributed by atoms with van der Waals surface area (Å²) in [4.78, 5) is 38.1. The molecule has 5 rings (SSSR count). The third-order valence-electron chi connectivity index (χ3n) is 7.04. The van der Waals surface area contributed by atoms with Gasteiger partial charge in [0.05, 0.1) is 6.04 Å². The fourth-order valence-electron chi connectivity index (χ4n) is 5.22. The summed E-state index contributed by atoms with van der Waals surface area (Å²) < 4.78 is 0. The van der Waals surface area contributed by atoms with Crippen LogP contribution in [0.3, 0.4) is 0 Å². The van der Waals surface area contributed by atoms with Crippen LogP contribution in [-0.4, -0.2) is 23.4 Å². The van der Waals surface area contributed by atoms with Gasteiger partial charge in [0.1, 0.15) is 5.54 Å². The minimum Gasteiger partial charge on any atom is -0.344 e. The molecular weight excluding hydrogens is 410 g/mol. The van der Waals surface area contributed by atoms with E-state index in [1.807, 2.05) is 11.4 Å². The Morgan fingerprint density at radius 3 is 2.55 bits per heavy atom. The summed E-state index contributed by atoms with van der Waals surface area (Å²) in [5.41, 5.74) is 3.13. The lowest BCUT2D eigenvalue weighted by atomic mass is 9.76. The number of hydrogen-bond donors (Lipinski definition) is 3. The van der Waals surface area contributed by atoms with Gasteiger partial charge in [-0.25, -0.2) is 4.79 Å². The molecule has 1 saturated heterocycles. The number of amides is 4. The molecule has 1 atom stereocenters. The van der Waals surface area contributed by atoms with Crippen LogP contribution in [0.1, 0.15) is 66.1 Å². The molecule has 1 aliphatic heterocycles. The SMILES string of the molecule is O=C1NC(=O)C2(CCC(C(=O)NC(c3ccc4c(c3)CCCC4)c3cccs3)CC2)N1. The van der Waals surface area contributed by atoms with Crippen LogP contribution in [0.15, 0.2) is 35.7 Å². The van der Waals surface area contributed by atoms with Crippen molar-refractivity contribution in [3.8, 4) is 0 Å². The summed E-state index contributed by atoms with van der Waals surface area (Å²) in [6, 6.07) is 10.1. The number of hydrogen-bond acceptors (Lipinski definition) is 4. The normalized spacial score (nSPS) is 26.1. The first kappa shape index (κ1) is 20.2. The van der Waals surface area contributed by atoms with E-state index < -0.39 is 11.6 Å². The first-order valence-electron chi connectivity index (χ1n) is 11.1. The molecule has 2 heterocycles. The molecule has 0 radical (unpaired) electrons. The van der Waals surface area contributed by atoms with E-state index in [0.29, 0.717) is 25.7 Å². The Bertz CT molecular complexity index is 1010. The molecular formula is C24H27N3O3S. The standard InChI is InChI=1S/C24H27N3O3S/c28-21(16-9-11-24(12-10-16)22(29)26-23(30)27-24)25-20(19-6-3-13-31-19)18-8-7-15-4-1-2-5-17(15)14-18/h3,6-8,13-14,16,20H,1-2,4-5,9-12H2,(H,25,28)(H2,26,27,29,30). The van der Waals surface area contributed by atoms with Crippen LogP contribution in [0, 0.1) is 5.92 Å². The smallest absolute Gasteiger partial charge is 0.322 e. The van der Waals surface area contributed by atoms with Gasteiger partial charge in [-0.05, 0) is 79.5 Å². The second-order valence-electron chi connectivity index (χ2n) is 8.96. The van der Waals surface area contributed by atoms with E-state index in [0.717, 1.165) is 23.3 Å². The number of imide groups is 1. The molecule has 0 bridgehead atoms. The number of thiophene rings is 1. The topological polar surface area (TPSA) is 87.3 Å². The molecule has 31 heavy (non-hydrogen) atoms. The lowest BCUT2D eigenvalue weighted by molar-refractivity contribution is -0.130. The van der Waals surface area contributed by atoms with Gasteiger partial charge in [-0.15, -0.1) is 11.3 Å². The van der Waals surface area contributed by atoms with E-state index in [4.69, 9.17) is 0 Å². The van der Waals surface area contributed by atoms with Crippen LogP contribution in [0.2, 0.25) is 0 Å². The molecule has 7 heteroatoms. The Hall–Kier alpha value is -2.67. The number of benzene rings is 1. The average molecular weight is 438 g/mol. The first-order chi connectivity index (χ1) is 15.0. The summed E-state index contributed by atoms with van der Waals surface area (Å²) in [5.74, 6) is -0.395. The fourth-order valence-corrected chi connectivity index (χ4v) is 6.02. The summed E-state index contributed by atoms with van der Waals surface area (Å²) in [6.45, 7) is 0. The molecule has 1 aromatic carbocycles. The maximum atomic E-state index is 13.2. The van der Waals surface area contributed by atoms with Crippen LogP contribution in [-0.2, 0) is 22.4 Å². The molecule has 1 spiro atoms. The molecule has 6 nitrogen and oxygen atoms in total. The Morgan fingerprint density at radius 1 is 1.10 bits per heavy atom. The highest BCUT2D eigenvalue weighted by molar-refractivity contribution is 7.10. The molecule has 4 amide bonds. The number of carbonyl (C=O) groups excluding carboxylic acids is 3. The van der Waals surface area contributed by atoms with Gasteiger partial charge in [0.25, 0.3) is 5.91 Å². The summed E-state index contributed by atoms with van der Waals surface area (Å²) in [7, 11) is 0. The first-order valence-corrected chi connectivity index (χ1v) is 12.0. The van der Waals surface area contributed by atoms with Crippen molar-refractivity contribution in [2.75, 3.05) is 0 Å². The van der Waals surface area contributed by atoms with Gasteiger partial charge in [0.15, 0.2) is 0 Å². The lowest BCUT2D eigenvalue weighted by Crippen LogP contribution is -2.51. The Balaban J connectivity index is 1.32. The van der Waals surface area contributed by atoms with Gasteiger partial charge in [-0.2, -0.15) is 0 Å². The zero-order chi connectivity index (χ0) is 21.4. The van der Waals surface area contributed by atoms with E-state index in [2.05, 4.69) is 40.2 Å². The van der Waals surface area contributed by atoms with E-state index in [1.54, 1.807) is 11.3 Å². The number of fused-ring (bicyclic) bond motifs is 1. The monoisotopic (exact) mass is 437 g/mol. The van der Waals surface area contributed by atoms with Crippen molar-refractivity contribution in [1.29, 1.82) is 0 Å². The van der Waals surface area contributed by atoms with Crippen molar-refractivity contribution in [1.82, 2.24) is 16.0 Å². The predicted molar refractivity (Wildman–Crippen MR) is 119 cm³/mol. The molecule has 2 aromatic rings. The van der Waals surface area contributed by atoms with Crippen molar-refractivity contribution < 1.29 is 14.4 Å². The van der Waals surface area contributed by atoms with E-state index in [-0.39, 0.29) is 23.8 Å². The minimum absolute atomic E-state index is 0.0238. The Kier molecular flexibility index (Phi) is 5.30. The molecule has 1 unspecified atom stereocenters. The molecule has 162 valence electrons. The van der Waals surface area contributed by atoms with Gasteiger partial charge < -0.3 is 10.6 Å². The number of rotatable bonds is 4. The maximum Gasteiger partial charge on any atom is 0.322 e. The van der Waals surface area contributed by atoms with Crippen LogP contribution >= 0.6 is 11.3 Å². The van der Waals surface area contributed by atoms with Crippen molar-refractivity contribution in [3.05, 3.63) is 57.3 Å². The highest BCUT2D eigenvalue weighted by Crippen LogP contribution is 2.36. The predicted octanol–water partition coefficient (Wildman–Crippen LogP) is 3.60. The minimum atomic E-state index is -0.834. The Labute approximate surface area is 185 Å². The van der Waals surface area contributed by atoms with E-state index in [1.165, 1.54) is 24.0 Å². The largest absolute Gasteiger partial charge is 0.344 e. The summed E-state index contributed by atoms with van der Waals surface area (Å²) >= 11 is 1.65. The number of aryl methyl sites for hydroxylation is 2. The highest BCUT2D eigenvalue weighted by atomic mass is 32.1. The fraction of sp³-hybridized carbons (Fsp3) is 0.458. The zero-order valence-corrected chi connectivity index (χ0v) is 18.2. The quantitative estimate of drug-likeness (QED) is 0.639. The number of urea groups is 1. The second kappa shape index (κ2) is 8.11. The highest BCUT2D eigenvalue weighted by Gasteiger charge is 2.49. The number of nitrogens with one attached hydrogen (secondary N) is 3. The van der Waals surface area contributed by atoms with Gasteiger partial charge in [-0.3, -0.25) is 14.9 Å². The molecule has 1 saturated carbocycles. The zero-order valence-electron chi connectivity index (χ0n) is 17.4. The van der Waals surface area contributed by atoms with Crippen LogP contribution in [0.4, 0.5) is 4.79 Å². The molecule has 2 aliphatic carbocycles.